The quantitative estimate of drug-likeness (QED) is 0.0543. The topological polar surface area (TPSA) is 337 Å². The number of aromatic nitrogens is 4. The number of carboxylic acids is 2. The second-order valence-corrected chi connectivity index (χ2v) is 18.0. The Balaban J connectivity index is 0.000000440. The van der Waals surface area contributed by atoms with E-state index in [0.717, 1.165) is 0 Å². The average molecular weight is 990 g/mol. The summed E-state index contributed by atoms with van der Waals surface area (Å²) in [5.74, 6) is -3.65. The standard InChI is InChI=1S/C26H38N4O9.C11H21NO3.C10H12N2O4/c1-14(2)23(34)18(28-25(36)19(27-15(3)4)7-10-21(31)32)8-11-22(33)38-13-17-6-9-20(39-17)30-12-16(5)24(35)29-26(30)37;1-7(2)11(15)9(12-8(3)4)5-6-10(13)14;1-6-4-12(10(15)11-9(6)14)8-3-2-7(5-13)16-8/h6,9,12,14-15,17-20,27H,7-8,10-11,13H2,1-5H3,(H,28,36)(H,31,32)(H,29,35,37);7-9,12H,5-6H2,1-4H3,(H,13,14);2-4,7-8,13H,5H2,1H3,(H,11,14,15)/t17-,18?,19?,20+;;7-,8+/m0.0/s1. The second kappa shape index (κ2) is 29.1. The zero-order valence-corrected chi connectivity index (χ0v) is 41.5. The number of hydrogen-bond donors (Lipinski definition) is 8. The molecule has 0 saturated carbocycles. The van der Waals surface area contributed by atoms with E-state index in [1.807, 2.05) is 41.5 Å². The molecule has 0 bridgehead atoms. The van der Waals surface area contributed by atoms with Crippen LogP contribution in [0.2, 0.25) is 0 Å². The molecule has 2 aromatic heterocycles. The Kier molecular flexibility index (Phi) is 25.0. The van der Waals surface area contributed by atoms with Crippen molar-refractivity contribution in [2.45, 2.75) is 163 Å². The van der Waals surface area contributed by atoms with Crippen molar-refractivity contribution in [1.29, 1.82) is 0 Å². The summed E-state index contributed by atoms with van der Waals surface area (Å²) in [6.45, 7) is 17.5. The number of carboxylic acid groups (broad SMARTS) is 2. The summed E-state index contributed by atoms with van der Waals surface area (Å²) in [5, 5.41) is 35.2. The van der Waals surface area contributed by atoms with Gasteiger partial charge >= 0.3 is 29.3 Å². The minimum Gasteiger partial charge on any atom is -0.481 e. The summed E-state index contributed by atoms with van der Waals surface area (Å²) in [6.07, 6.45) is 7.12. The third kappa shape index (κ3) is 20.4. The first-order chi connectivity index (χ1) is 32.7. The van der Waals surface area contributed by atoms with Crippen LogP contribution in [0.3, 0.4) is 0 Å². The Hall–Kier alpha value is -6.14. The van der Waals surface area contributed by atoms with Crippen molar-refractivity contribution in [2.24, 2.45) is 11.8 Å². The van der Waals surface area contributed by atoms with Crippen LogP contribution in [-0.2, 0) is 43.0 Å². The van der Waals surface area contributed by atoms with Gasteiger partial charge in [-0.25, -0.2) is 9.59 Å². The SMILES string of the molecule is CC(C)NC(CCC(=O)O)C(=O)C(C)C.Cc1cn([C@H]2C=C[C@@H](CO)O2)c(=O)[nH]c1=O.Cc1cn([C@H]2C=C[C@@H](COC(=O)CCC(NC(=O)C(CCC(=O)O)NC(C)C)C(=O)C(C)C)O2)c(=O)[nH]c1=O. The predicted molar refractivity (Wildman–Crippen MR) is 255 cm³/mol. The van der Waals surface area contributed by atoms with Gasteiger partial charge in [-0.3, -0.25) is 57.5 Å². The lowest BCUT2D eigenvalue weighted by Crippen LogP contribution is -2.52. The van der Waals surface area contributed by atoms with E-state index < -0.39 is 89.0 Å². The monoisotopic (exact) mass is 989 g/mol. The van der Waals surface area contributed by atoms with Crippen LogP contribution >= 0.6 is 0 Å². The van der Waals surface area contributed by atoms with Crippen molar-refractivity contribution in [1.82, 2.24) is 35.1 Å². The van der Waals surface area contributed by atoms with Crippen LogP contribution in [0.4, 0.5) is 0 Å². The number of rotatable bonds is 24. The molecule has 1 amide bonds. The largest absolute Gasteiger partial charge is 0.481 e. The summed E-state index contributed by atoms with van der Waals surface area (Å²) in [5.41, 5.74) is -1.27. The van der Waals surface area contributed by atoms with Crippen molar-refractivity contribution in [3.63, 3.8) is 0 Å². The fourth-order valence-corrected chi connectivity index (χ4v) is 6.85. The third-order valence-electron chi connectivity index (χ3n) is 10.5. The molecule has 4 rings (SSSR count). The van der Waals surface area contributed by atoms with Gasteiger partial charge in [0.25, 0.3) is 11.1 Å². The molecule has 0 aromatic carbocycles. The van der Waals surface area contributed by atoms with Crippen molar-refractivity contribution in [2.75, 3.05) is 13.2 Å². The number of aliphatic carboxylic acids is 2. The van der Waals surface area contributed by atoms with E-state index in [1.54, 1.807) is 52.0 Å². The number of H-pyrrole nitrogens is 2. The molecule has 0 radical (unpaired) electrons. The molecule has 3 unspecified atom stereocenters. The first-order valence-electron chi connectivity index (χ1n) is 23.2. The molecule has 0 spiro atoms. The molecule has 23 nitrogen and oxygen atoms in total. The number of ketones is 2. The zero-order valence-electron chi connectivity index (χ0n) is 41.5. The molecule has 0 fully saturated rings. The van der Waals surface area contributed by atoms with Gasteiger partial charge in [0.05, 0.1) is 24.7 Å². The van der Waals surface area contributed by atoms with E-state index >= 15 is 0 Å². The first-order valence-corrected chi connectivity index (χ1v) is 23.2. The maximum Gasteiger partial charge on any atom is 0.330 e. The Morgan fingerprint density at radius 3 is 1.47 bits per heavy atom. The highest BCUT2D eigenvalue weighted by Crippen LogP contribution is 2.21. The highest BCUT2D eigenvalue weighted by Gasteiger charge is 2.30. The number of amides is 1. The third-order valence-corrected chi connectivity index (χ3v) is 10.5. The van der Waals surface area contributed by atoms with Crippen molar-refractivity contribution in [3.05, 3.63) is 89.5 Å². The Morgan fingerprint density at radius 1 is 0.629 bits per heavy atom. The van der Waals surface area contributed by atoms with E-state index in [-0.39, 0.29) is 80.9 Å². The first kappa shape index (κ1) is 60.0. The van der Waals surface area contributed by atoms with Gasteiger partial charge < -0.3 is 45.5 Å². The fourth-order valence-electron chi connectivity index (χ4n) is 6.85. The van der Waals surface area contributed by atoms with E-state index in [9.17, 15) is 47.9 Å². The number of aryl methyl sites for hydroxylation is 2. The molecule has 23 heteroatoms. The lowest BCUT2D eigenvalue weighted by atomic mass is 9.97. The molecule has 70 heavy (non-hydrogen) atoms. The number of Topliss-reactive ketones (excluding diaryl/α,β-unsaturated/α-hetero) is 2. The van der Waals surface area contributed by atoms with Crippen molar-refractivity contribution in [3.8, 4) is 0 Å². The highest BCUT2D eigenvalue weighted by atomic mass is 16.6. The van der Waals surface area contributed by atoms with Crippen LogP contribution in [0.25, 0.3) is 0 Å². The van der Waals surface area contributed by atoms with Crippen LogP contribution in [-0.4, -0.2) is 125 Å². The number of nitrogens with one attached hydrogen (secondary N) is 5. The fraction of sp³-hybridized carbons (Fsp3) is 0.617. The van der Waals surface area contributed by atoms with E-state index in [1.165, 1.54) is 21.5 Å². The second-order valence-electron chi connectivity index (χ2n) is 18.0. The summed E-state index contributed by atoms with van der Waals surface area (Å²) in [7, 11) is 0. The van der Waals surface area contributed by atoms with Gasteiger partial charge in [0.2, 0.25) is 5.91 Å². The number of aromatic amines is 2. The molecule has 390 valence electrons. The van der Waals surface area contributed by atoms with E-state index in [0.29, 0.717) is 17.5 Å². The minimum atomic E-state index is -1.04. The maximum absolute atomic E-state index is 12.9. The number of hydrogen-bond acceptors (Lipinski definition) is 16. The molecule has 2 aromatic rings. The predicted octanol–water partition coefficient (Wildman–Crippen LogP) is 1.30. The van der Waals surface area contributed by atoms with Gasteiger partial charge in [-0.2, -0.15) is 0 Å². The maximum atomic E-state index is 12.9. The normalized spacial score (nSPS) is 18.4. The molecule has 4 heterocycles. The van der Waals surface area contributed by atoms with Gasteiger partial charge in [-0.1, -0.05) is 67.5 Å². The van der Waals surface area contributed by atoms with Crippen LogP contribution in [0.1, 0.15) is 117 Å². The lowest BCUT2D eigenvalue weighted by Gasteiger charge is -2.25. The number of carbonyl (C=O) groups excluding carboxylic acids is 4. The number of carbonyl (C=O) groups is 6. The van der Waals surface area contributed by atoms with Crippen LogP contribution in [0.15, 0.2) is 55.9 Å². The van der Waals surface area contributed by atoms with Gasteiger partial charge in [0.1, 0.15) is 18.8 Å². The van der Waals surface area contributed by atoms with Crippen LogP contribution in [0, 0.1) is 25.7 Å². The molecule has 8 N–H and O–H groups in total. The van der Waals surface area contributed by atoms with Crippen LogP contribution < -0.4 is 38.4 Å². The average Bonchev–Trinajstić information content (AvgIpc) is 3.97. The molecule has 7 atom stereocenters. The smallest absolute Gasteiger partial charge is 0.330 e. The number of esters is 1. The summed E-state index contributed by atoms with van der Waals surface area (Å²) in [4.78, 5) is 122. The van der Waals surface area contributed by atoms with E-state index in [4.69, 9.17) is 29.5 Å². The number of aliphatic hydroxyl groups is 1. The van der Waals surface area contributed by atoms with Gasteiger partial charge in [-0.05, 0) is 45.3 Å². The molecule has 0 saturated heterocycles. The Labute approximate surface area is 405 Å². The Morgan fingerprint density at radius 2 is 1.04 bits per heavy atom. The van der Waals surface area contributed by atoms with Crippen molar-refractivity contribution >= 4 is 35.4 Å². The van der Waals surface area contributed by atoms with Gasteiger partial charge in [-0.15, -0.1) is 0 Å². The van der Waals surface area contributed by atoms with Gasteiger partial charge in [0, 0.05) is 66.7 Å². The summed E-state index contributed by atoms with van der Waals surface area (Å²) in [6, 6.07) is -2.00. The molecule has 2 aliphatic heterocycles. The van der Waals surface area contributed by atoms with Crippen LogP contribution in [0.5, 0.6) is 0 Å². The molecule has 2 aliphatic rings. The van der Waals surface area contributed by atoms with Gasteiger partial charge in [0.15, 0.2) is 24.0 Å². The minimum absolute atomic E-state index is 0.00491. The Bertz CT molecular complexity index is 2400. The zero-order chi connectivity index (χ0) is 53.0. The molecular weight excluding hydrogens is 919 g/mol. The summed E-state index contributed by atoms with van der Waals surface area (Å²) >= 11 is 0. The number of ether oxygens (including phenoxy) is 3. The number of aliphatic hydroxyl groups excluding tert-OH is 1. The highest BCUT2D eigenvalue weighted by molar-refractivity contribution is 5.92. The summed E-state index contributed by atoms with van der Waals surface area (Å²) < 4.78 is 18.8. The molecule has 0 aliphatic carbocycles. The van der Waals surface area contributed by atoms with E-state index in [2.05, 4.69) is 25.9 Å². The molecular formula is C47H71N7O16. The lowest BCUT2D eigenvalue weighted by molar-refractivity contribution is -0.148. The number of nitrogens with zero attached hydrogens (tertiary/aromatic N) is 2. The van der Waals surface area contributed by atoms with Crippen molar-refractivity contribution < 1.29 is 58.3 Å².